The highest BCUT2D eigenvalue weighted by atomic mass is 15.1. The molecule has 1 aliphatic rings. The van der Waals surface area contributed by atoms with E-state index in [0.717, 1.165) is 24.7 Å². The largest absolute Gasteiger partial charge is 0.334 e. The fourth-order valence-electron chi connectivity index (χ4n) is 3.86. The van der Waals surface area contributed by atoms with E-state index < -0.39 is 0 Å². The zero-order chi connectivity index (χ0) is 15.7. The first-order valence-electron chi connectivity index (χ1n) is 8.51. The van der Waals surface area contributed by atoms with Crippen LogP contribution in [0, 0.1) is 17.3 Å². The van der Waals surface area contributed by atoms with Gasteiger partial charge in [0.15, 0.2) is 0 Å². The fourth-order valence-corrected chi connectivity index (χ4v) is 3.86. The van der Waals surface area contributed by atoms with E-state index in [1.807, 2.05) is 12.5 Å². The number of hydrogen-bond donors (Lipinski definition) is 1. The summed E-state index contributed by atoms with van der Waals surface area (Å²) in [5.74, 6) is 1.72. The van der Waals surface area contributed by atoms with E-state index in [4.69, 9.17) is 5.73 Å². The quantitative estimate of drug-likeness (QED) is 0.771. The van der Waals surface area contributed by atoms with Crippen molar-refractivity contribution in [1.29, 1.82) is 0 Å². The first kappa shape index (κ1) is 16.5. The van der Waals surface area contributed by atoms with Crippen molar-refractivity contribution in [3.8, 4) is 0 Å². The molecule has 1 aromatic rings. The third-order valence-corrected chi connectivity index (χ3v) is 5.35. The minimum Gasteiger partial charge on any atom is -0.334 e. The summed E-state index contributed by atoms with van der Waals surface area (Å²) in [6, 6.07) is 0.420. The molecule has 4 atom stereocenters. The number of nitrogens with zero attached hydrogens (tertiary/aromatic N) is 2. The molecule has 0 spiro atoms. The van der Waals surface area contributed by atoms with Crippen molar-refractivity contribution in [2.75, 3.05) is 0 Å². The Kier molecular flexibility index (Phi) is 4.82. The summed E-state index contributed by atoms with van der Waals surface area (Å²) >= 11 is 0. The standard InChI is InChI=1S/C18H33N3/c1-6-7-17(3,4)16(21-9-8-20-13-21)12-18(5,19)11-15-10-14(15)2/h8-9,13-16H,6-7,10-12,19H2,1-5H3. The molecule has 4 unspecified atom stereocenters. The van der Waals surface area contributed by atoms with Crippen LogP contribution in [-0.4, -0.2) is 15.1 Å². The molecule has 1 heterocycles. The average molecular weight is 291 g/mol. The second kappa shape index (κ2) is 6.12. The predicted molar refractivity (Wildman–Crippen MR) is 89.1 cm³/mol. The zero-order valence-electron chi connectivity index (χ0n) is 14.5. The molecule has 1 aliphatic carbocycles. The lowest BCUT2D eigenvalue weighted by atomic mass is 9.74. The van der Waals surface area contributed by atoms with Gasteiger partial charge in [-0.25, -0.2) is 4.98 Å². The minimum atomic E-state index is -0.0879. The van der Waals surface area contributed by atoms with E-state index >= 15 is 0 Å². The SMILES string of the molecule is CCCC(C)(C)C(CC(C)(N)CC1CC1C)n1ccnc1. The van der Waals surface area contributed by atoms with Crippen molar-refractivity contribution in [3.63, 3.8) is 0 Å². The molecule has 0 saturated heterocycles. The maximum absolute atomic E-state index is 6.69. The number of imidazole rings is 1. The Morgan fingerprint density at radius 3 is 2.52 bits per heavy atom. The Morgan fingerprint density at radius 1 is 1.38 bits per heavy atom. The minimum absolute atomic E-state index is 0.0879. The van der Waals surface area contributed by atoms with Gasteiger partial charge in [-0.3, -0.25) is 0 Å². The number of rotatable bonds is 8. The summed E-state index contributed by atoms with van der Waals surface area (Å²) in [6.45, 7) is 11.6. The van der Waals surface area contributed by atoms with Gasteiger partial charge in [-0.15, -0.1) is 0 Å². The number of hydrogen-bond acceptors (Lipinski definition) is 2. The van der Waals surface area contributed by atoms with Gasteiger partial charge >= 0.3 is 0 Å². The van der Waals surface area contributed by atoms with Crippen LogP contribution in [0.1, 0.15) is 72.8 Å². The van der Waals surface area contributed by atoms with Gasteiger partial charge in [0.25, 0.3) is 0 Å². The van der Waals surface area contributed by atoms with Crippen LogP contribution in [0.15, 0.2) is 18.7 Å². The molecule has 2 rings (SSSR count). The van der Waals surface area contributed by atoms with Crippen LogP contribution >= 0.6 is 0 Å². The van der Waals surface area contributed by atoms with Gasteiger partial charge in [-0.05, 0) is 49.9 Å². The molecule has 3 nitrogen and oxygen atoms in total. The van der Waals surface area contributed by atoms with Crippen LogP contribution in [-0.2, 0) is 0 Å². The molecule has 1 saturated carbocycles. The van der Waals surface area contributed by atoms with Crippen LogP contribution in [0.25, 0.3) is 0 Å². The molecule has 0 aromatic carbocycles. The van der Waals surface area contributed by atoms with Crippen molar-refractivity contribution in [1.82, 2.24) is 9.55 Å². The van der Waals surface area contributed by atoms with Gasteiger partial charge in [0, 0.05) is 24.0 Å². The first-order valence-corrected chi connectivity index (χ1v) is 8.51. The molecule has 21 heavy (non-hydrogen) atoms. The maximum atomic E-state index is 6.69. The van der Waals surface area contributed by atoms with E-state index in [1.54, 1.807) is 0 Å². The third kappa shape index (κ3) is 4.32. The van der Waals surface area contributed by atoms with E-state index in [1.165, 1.54) is 19.3 Å². The molecule has 0 amide bonds. The fraction of sp³-hybridized carbons (Fsp3) is 0.833. The van der Waals surface area contributed by atoms with E-state index in [2.05, 4.69) is 50.4 Å². The molecule has 120 valence electrons. The maximum Gasteiger partial charge on any atom is 0.0948 e. The average Bonchev–Trinajstić information content (AvgIpc) is 2.86. The van der Waals surface area contributed by atoms with Gasteiger partial charge in [-0.2, -0.15) is 0 Å². The third-order valence-electron chi connectivity index (χ3n) is 5.35. The van der Waals surface area contributed by atoms with Crippen LogP contribution in [0.5, 0.6) is 0 Å². The van der Waals surface area contributed by atoms with E-state index in [9.17, 15) is 0 Å². The Labute approximate surface area is 130 Å². The zero-order valence-corrected chi connectivity index (χ0v) is 14.5. The van der Waals surface area contributed by atoms with Gasteiger partial charge < -0.3 is 10.3 Å². The lowest BCUT2D eigenvalue weighted by molar-refractivity contribution is 0.150. The van der Waals surface area contributed by atoms with Crippen molar-refractivity contribution in [3.05, 3.63) is 18.7 Å². The summed E-state index contributed by atoms with van der Waals surface area (Å²) < 4.78 is 2.27. The molecule has 0 aliphatic heterocycles. The normalized spacial score (nSPS) is 26.4. The van der Waals surface area contributed by atoms with E-state index in [-0.39, 0.29) is 11.0 Å². The highest BCUT2D eigenvalue weighted by Crippen LogP contribution is 2.46. The van der Waals surface area contributed by atoms with Gasteiger partial charge in [0.05, 0.1) is 6.33 Å². The van der Waals surface area contributed by atoms with Crippen LogP contribution in [0.4, 0.5) is 0 Å². The van der Waals surface area contributed by atoms with Crippen molar-refractivity contribution >= 4 is 0 Å². The Balaban J connectivity index is 2.12. The summed E-state index contributed by atoms with van der Waals surface area (Å²) in [5, 5.41) is 0. The highest BCUT2D eigenvalue weighted by Gasteiger charge is 2.41. The van der Waals surface area contributed by atoms with Gasteiger partial charge in [0.2, 0.25) is 0 Å². The Hall–Kier alpha value is -0.830. The second-order valence-corrected chi connectivity index (χ2v) is 8.30. The summed E-state index contributed by atoms with van der Waals surface area (Å²) in [4.78, 5) is 4.25. The molecular formula is C18H33N3. The lowest BCUT2D eigenvalue weighted by Gasteiger charge is -2.40. The highest BCUT2D eigenvalue weighted by molar-refractivity contribution is 4.97. The Morgan fingerprint density at radius 2 is 2.05 bits per heavy atom. The number of nitrogens with two attached hydrogens (primary N) is 1. The number of aromatic nitrogens is 2. The van der Waals surface area contributed by atoms with Gasteiger partial charge in [0.1, 0.15) is 0 Å². The smallest absolute Gasteiger partial charge is 0.0948 e. The molecule has 0 radical (unpaired) electrons. The summed E-state index contributed by atoms with van der Waals surface area (Å²) in [6.07, 6.45) is 11.9. The molecule has 0 bridgehead atoms. The van der Waals surface area contributed by atoms with Crippen LogP contribution < -0.4 is 5.73 Å². The van der Waals surface area contributed by atoms with Crippen molar-refractivity contribution in [2.24, 2.45) is 23.0 Å². The molecular weight excluding hydrogens is 258 g/mol. The summed E-state index contributed by atoms with van der Waals surface area (Å²) in [5.41, 5.74) is 6.84. The molecule has 2 N–H and O–H groups in total. The predicted octanol–water partition coefficient (Wildman–Crippen LogP) is 4.40. The van der Waals surface area contributed by atoms with E-state index in [0.29, 0.717) is 6.04 Å². The van der Waals surface area contributed by atoms with Crippen molar-refractivity contribution < 1.29 is 0 Å². The monoisotopic (exact) mass is 291 g/mol. The van der Waals surface area contributed by atoms with Gasteiger partial charge in [-0.1, -0.05) is 34.1 Å². The molecule has 1 aromatic heterocycles. The van der Waals surface area contributed by atoms with Crippen molar-refractivity contribution in [2.45, 2.75) is 78.3 Å². The van der Waals surface area contributed by atoms with Crippen LogP contribution in [0.3, 0.4) is 0 Å². The first-order chi connectivity index (χ1) is 9.75. The second-order valence-electron chi connectivity index (χ2n) is 8.30. The lowest BCUT2D eigenvalue weighted by Crippen LogP contribution is -2.42. The van der Waals surface area contributed by atoms with Crippen LogP contribution in [0.2, 0.25) is 0 Å². The topological polar surface area (TPSA) is 43.8 Å². The molecule has 3 heteroatoms. The Bertz CT molecular complexity index is 433. The molecule has 1 fully saturated rings. The summed E-state index contributed by atoms with van der Waals surface area (Å²) in [7, 11) is 0.